The lowest BCUT2D eigenvalue weighted by atomic mass is 9.90. The van der Waals surface area contributed by atoms with Gasteiger partial charge in [0.15, 0.2) is 5.78 Å². The van der Waals surface area contributed by atoms with E-state index in [1.807, 2.05) is 0 Å². The maximum Gasteiger partial charge on any atom is 0.295 e. The van der Waals surface area contributed by atoms with Crippen LogP contribution in [0.4, 0.5) is 0 Å². The highest BCUT2D eigenvalue weighted by molar-refractivity contribution is 7.86. The molecule has 2 aromatic rings. The minimum Gasteiger partial charge on any atom is -0.460 e. The Morgan fingerprint density at radius 1 is 1.00 bits per heavy atom. The molecule has 1 fully saturated rings. The molecule has 10 nitrogen and oxygen atoms in total. The molecular formula is C25H22Cl2O10S. The van der Waals surface area contributed by atoms with Crippen molar-refractivity contribution in [3.63, 3.8) is 0 Å². The van der Waals surface area contributed by atoms with Crippen molar-refractivity contribution >= 4 is 44.7 Å². The summed E-state index contributed by atoms with van der Waals surface area (Å²) >= 11 is 12.5. The topological polar surface area (TPSA) is 171 Å². The predicted molar refractivity (Wildman–Crippen MR) is 136 cm³/mol. The first kappa shape index (κ1) is 28.4. The van der Waals surface area contributed by atoms with Gasteiger partial charge in [-0.1, -0.05) is 53.5 Å². The number of carbonyl (C=O) groups is 1. The maximum absolute atomic E-state index is 12.1. The molecule has 2 aromatic carbocycles. The van der Waals surface area contributed by atoms with Gasteiger partial charge < -0.3 is 29.9 Å². The molecule has 0 unspecified atom stereocenters. The third-order valence-corrected chi connectivity index (χ3v) is 7.47. The average molecular weight is 585 g/mol. The summed E-state index contributed by atoms with van der Waals surface area (Å²) in [5, 5.41) is 39.5. The molecule has 4 rings (SSSR count). The molecule has 38 heavy (non-hydrogen) atoms. The number of benzene rings is 2. The number of aliphatic hydroxyl groups excluding tert-OH is 4. The first-order valence-electron chi connectivity index (χ1n) is 11.1. The lowest BCUT2D eigenvalue weighted by Gasteiger charge is -2.39. The second kappa shape index (κ2) is 11.3. The van der Waals surface area contributed by atoms with E-state index in [4.69, 9.17) is 32.7 Å². The summed E-state index contributed by atoms with van der Waals surface area (Å²) in [5.41, 5.74) is 1.07. The summed E-state index contributed by atoms with van der Waals surface area (Å²) in [6.07, 6.45) is -3.56. The van der Waals surface area contributed by atoms with Crippen molar-refractivity contribution in [3.05, 3.63) is 87.4 Å². The quantitative estimate of drug-likeness (QED) is 0.315. The Morgan fingerprint density at radius 2 is 1.71 bits per heavy atom. The van der Waals surface area contributed by atoms with E-state index >= 15 is 0 Å². The molecule has 0 spiro atoms. The number of hydrogen-bond acceptors (Lipinski definition) is 9. The molecule has 2 aliphatic rings. The zero-order valence-corrected chi connectivity index (χ0v) is 21.6. The van der Waals surface area contributed by atoms with Crippen LogP contribution in [0.15, 0.2) is 76.2 Å². The van der Waals surface area contributed by atoms with Gasteiger partial charge in [0, 0.05) is 5.56 Å². The molecule has 5 atom stereocenters. The Labute approximate surface area is 227 Å². The Kier molecular flexibility index (Phi) is 8.43. The highest BCUT2D eigenvalue weighted by Crippen LogP contribution is 2.38. The van der Waals surface area contributed by atoms with Crippen molar-refractivity contribution in [1.29, 1.82) is 0 Å². The minimum absolute atomic E-state index is 0.00454. The number of aliphatic hydroxyl groups is 4. The molecule has 1 heterocycles. The van der Waals surface area contributed by atoms with E-state index in [0.717, 1.165) is 0 Å². The molecule has 1 aliphatic heterocycles. The minimum atomic E-state index is -4.66. The molecule has 0 saturated carbocycles. The zero-order chi connectivity index (χ0) is 27.8. The van der Waals surface area contributed by atoms with Crippen molar-refractivity contribution in [2.75, 3.05) is 6.61 Å². The van der Waals surface area contributed by atoms with Crippen LogP contribution < -0.4 is 4.74 Å². The molecule has 0 aromatic heterocycles. The standard InChI is InChI=1S/C25H22Cl2O10S/c26-15-9-12(5-7-17(15)29)21(14-3-1-2-4-20(14)38(33,34)35)13-6-8-18(16(27)10-13)36-25-24(32)23(31)22(30)19(11-28)37-25/h1-10,19,22-25,28,30-32H,11H2,(H,33,34,35)/b21-12-/t19-,22-,23-,24-,25+/m0/s1. The summed E-state index contributed by atoms with van der Waals surface area (Å²) in [6, 6.07) is 9.97. The Morgan fingerprint density at radius 3 is 2.34 bits per heavy atom. The molecule has 0 bridgehead atoms. The smallest absolute Gasteiger partial charge is 0.295 e. The van der Waals surface area contributed by atoms with Crippen molar-refractivity contribution in [2.45, 2.75) is 35.6 Å². The number of ketones is 1. The number of rotatable bonds is 6. The monoisotopic (exact) mass is 584 g/mol. The van der Waals surface area contributed by atoms with E-state index in [1.54, 1.807) is 6.07 Å². The molecule has 1 aliphatic carbocycles. The summed E-state index contributed by atoms with van der Waals surface area (Å²) in [5.74, 6) is -0.450. The molecule has 13 heteroatoms. The number of allylic oxidation sites excluding steroid dienone is 5. The van der Waals surface area contributed by atoms with Gasteiger partial charge in [0.05, 0.1) is 16.7 Å². The van der Waals surface area contributed by atoms with Crippen molar-refractivity contribution in [2.24, 2.45) is 0 Å². The number of ether oxygens (including phenoxy) is 2. The van der Waals surface area contributed by atoms with Crippen LogP contribution in [0, 0.1) is 0 Å². The molecule has 5 N–H and O–H groups in total. The van der Waals surface area contributed by atoms with E-state index < -0.39 is 58.1 Å². The maximum atomic E-state index is 12.1. The average Bonchev–Trinajstić information content (AvgIpc) is 2.87. The van der Waals surface area contributed by atoms with Crippen LogP contribution in [0.25, 0.3) is 5.57 Å². The van der Waals surface area contributed by atoms with Crippen molar-refractivity contribution in [1.82, 2.24) is 0 Å². The molecule has 0 amide bonds. The van der Waals surface area contributed by atoms with Crippen LogP contribution in [0.1, 0.15) is 11.1 Å². The van der Waals surface area contributed by atoms with Gasteiger partial charge >= 0.3 is 0 Å². The number of hydrogen-bond donors (Lipinski definition) is 5. The van der Waals surface area contributed by atoms with Gasteiger partial charge in [0.1, 0.15) is 35.1 Å². The van der Waals surface area contributed by atoms with Gasteiger partial charge in [-0.15, -0.1) is 0 Å². The lowest BCUT2D eigenvalue weighted by molar-refractivity contribution is -0.277. The van der Waals surface area contributed by atoms with Gasteiger partial charge in [-0.25, -0.2) is 0 Å². The fourth-order valence-corrected chi connectivity index (χ4v) is 5.18. The third-order valence-electron chi connectivity index (χ3n) is 5.97. The summed E-state index contributed by atoms with van der Waals surface area (Å²) in [6.45, 7) is -0.645. The summed E-state index contributed by atoms with van der Waals surface area (Å²) < 4.78 is 45.1. The first-order chi connectivity index (χ1) is 17.9. The van der Waals surface area contributed by atoms with Crippen LogP contribution in [0.2, 0.25) is 5.02 Å². The largest absolute Gasteiger partial charge is 0.460 e. The zero-order valence-electron chi connectivity index (χ0n) is 19.3. The van der Waals surface area contributed by atoms with E-state index in [9.17, 15) is 38.2 Å². The number of carbonyl (C=O) groups excluding carboxylic acids is 1. The molecule has 0 radical (unpaired) electrons. The number of halogens is 2. The van der Waals surface area contributed by atoms with Gasteiger partial charge in [0.25, 0.3) is 10.1 Å². The van der Waals surface area contributed by atoms with Crippen LogP contribution in [-0.4, -0.2) is 76.5 Å². The highest BCUT2D eigenvalue weighted by Gasteiger charge is 2.44. The summed E-state index contributed by atoms with van der Waals surface area (Å²) in [4.78, 5) is 11.5. The second-order valence-corrected chi connectivity index (χ2v) is 10.7. The van der Waals surface area contributed by atoms with Crippen LogP contribution in [0.3, 0.4) is 0 Å². The van der Waals surface area contributed by atoms with Crippen LogP contribution in [-0.2, 0) is 19.6 Å². The van der Waals surface area contributed by atoms with Gasteiger partial charge in [0.2, 0.25) is 6.29 Å². The molecule has 1 saturated heterocycles. The van der Waals surface area contributed by atoms with Crippen LogP contribution in [0.5, 0.6) is 5.75 Å². The van der Waals surface area contributed by atoms with Gasteiger partial charge in [-0.3, -0.25) is 9.35 Å². The second-order valence-electron chi connectivity index (χ2n) is 8.45. The predicted octanol–water partition coefficient (Wildman–Crippen LogP) is 1.83. The Balaban J connectivity index is 1.79. The fourth-order valence-electron chi connectivity index (χ4n) is 4.07. The summed E-state index contributed by atoms with van der Waals surface area (Å²) in [7, 11) is -4.66. The van der Waals surface area contributed by atoms with E-state index in [0.29, 0.717) is 11.1 Å². The van der Waals surface area contributed by atoms with Gasteiger partial charge in [-0.2, -0.15) is 8.42 Å². The van der Waals surface area contributed by atoms with E-state index in [-0.39, 0.29) is 26.9 Å². The Hall–Kier alpha value is -2.58. The normalized spacial score (nSPS) is 27.2. The van der Waals surface area contributed by atoms with Crippen LogP contribution >= 0.6 is 23.2 Å². The molecular weight excluding hydrogens is 563 g/mol. The lowest BCUT2D eigenvalue weighted by Crippen LogP contribution is -2.60. The SMILES string of the molecule is O=C1C=C/C(=C(\c2ccc(O[C@@H]3O[C@@H](CO)[C@H](O)[C@H](O)[C@@H]3O)c(Cl)c2)c2ccccc2S(=O)(=O)O)C=C1Cl. The molecule has 202 valence electrons. The third kappa shape index (κ3) is 5.71. The van der Waals surface area contributed by atoms with E-state index in [1.165, 1.54) is 54.6 Å². The van der Waals surface area contributed by atoms with E-state index in [2.05, 4.69) is 0 Å². The Bertz CT molecular complexity index is 1450. The van der Waals surface area contributed by atoms with Crippen molar-refractivity contribution in [3.8, 4) is 5.75 Å². The first-order valence-corrected chi connectivity index (χ1v) is 13.3. The van der Waals surface area contributed by atoms with Gasteiger partial charge in [-0.05, 0) is 47.1 Å². The fraction of sp³-hybridized carbons (Fsp3) is 0.240. The van der Waals surface area contributed by atoms with Crippen molar-refractivity contribution < 1.29 is 47.7 Å². The highest BCUT2D eigenvalue weighted by atomic mass is 35.5.